The lowest BCUT2D eigenvalue weighted by atomic mass is 10.0. The summed E-state index contributed by atoms with van der Waals surface area (Å²) in [4.78, 5) is 0. The SMILES string of the molecule is CCCCCCCCCCCCCCCCn1cc[n+](CCCc2ccccc2)c1CCCCCCCC. The van der Waals surface area contributed by atoms with Gasteiger partial charge in [0.1, 0.15) is 12.4 Å². The van der Waals surface area contributed by atoms with Crippen molar-refractivity contribution in [3.05, 3.63) is 54.1 Å². The Morgan fingerprint density at radius 1 is 0.526 bits per heavy atom. The molecule has 0 saturated carbocycles. The van der Waals surface area contributed by atoms with Crippen molar-refractivity contribution in [1.82, 2.24) is 4.57 Å². The molecule has 2 heteroatoms. The molecule has 38 heavy (non-hydrogen) atoms. The Hall–Kier alpha value is -1.57. The van der Waals surface area contributed by atoms with Crippen LogP contribution in [0.5, 0.6) is 0 Å². The predicted octanol–water partition coefficient (Wildman–Crippen LogP) is 10.8. The van der Waals surface area contributed by atoms with Crippen LogP contribution in [0.15, 0.2) is 42.7 Å². The maximum Gasteiger partial charge on any atom is 0.256 e. The molecule has 216 valence electrons. The van der Waals surface area contributed by atoms with Gasteiger partial charge in [0.15, 0.2) is 0 Å². The first-order valence-corrected chi connectivity index (χ1v) is 17.0. The fourth-order valence-electron chi connectivity index (χ4n) is 5.83. The Kier molecular flexibility index (Phi) is 20.0. The van der Waals surface area contributed by atoms with Gasteiger partial charge < -0.3 is 0 Å². The zero-order valence-electron chi connectivity index (χ0n) is 25.6. The molecule has 2 rings (SSSR count). The van der Waals surface area contributed by atoms with E-state index in [0.717, 1.165) is 6.54 Å². The van der Waals surface area contributed by atoms with Crippen LogP contribution in [0.25, 0.3) is 0 Å². The third-order valence-electron chi connectivity index (χ3n) is 8.30. The second-order valence-electron chi connectivity index (χ2n) is 11.8. The summed E-state index contributed by atoms with van der Waals surface area (Å²) in [7, 11) is 0. The highest BCUT2D eigenvalue weighted by Crippen LogP contribution is 2.14. The Morgan fingerprint density at radius 3 is 1.58 bits per heavy atom. The van der Waals surface area contributed by atoms with Crippen LogP contribution in [0.3, 0.4) is 0 Å². The molecule has 0 bridgehead atoms. The second-order valence-corrected chi connectivity index (χ2v) is 11.8. The van der Waals surface area contributed by atoms with E-state index in [1.807, 2.05) is 0 Å². The predicted molar refractivity (Wildman–Crippen MR) is 167 cm³/mol. The molecule has 0 saturated heterocycles. The third-order valence-corrected chi connectivity index (χ3v) is 8.30. The van der Waals surface area contributed by atoms with Gasteiger partial charge in [0, 0.05) is 6.42 Å². The number of aryl methyl sites for hydroxylation is 3. The van der Waals surface area contributed by atoms with Gasteiger partial charge in [0.2, 0.25) is 0 Å². The van der Waals surface area contributed by atoms with E-state index in [-0.39, 0.29) is 0 Å². The average molecular weight is 524 g/mol. The third kappa shape index (κ3) is 15.7. The zero-order chi connectivity index (χ0) is 26.9. The van der Waals surface area contributed by atoms with Gasteiger partial charge in [-0.1, -0.05) is 153 Å². The first-order valence-electron chi connectivity index (χ1n) is 17.0. The van der Waals surface area contributed by atoms with Gasteiger partial charge in [-0.3, -0.25) is 0 Å². The van der Waals surface area contributed by atoms with Gasteiger partial charge in [-0.05, 0) is 37.7 Å². The van der Waals surface area contributed by atoms with Gasteiger partial charge in [-0.25, -0.2) is 9.13 Å². The number of benzene rings is 1. The molecule has 1 aromatic heterocycles. The van der Waals surface area contributed by atoms with Crippen molar-refractivity contribution in [2.45, 2.75) is 175 Å². The molecular formula is C36H63N2+. The highest BCUT2D eigenvalue weighted by Gasteiger charge is 2.16. The lowest BCUT2D eigenvalue weighted by Crippen LogP contribution is -2.37. The van der Waals surface area contributed by atoms with Gasteiger partial charge in [-0.15, -0.1) is 0 Å². The number of nitrogens with zero attached hydrogens (tertiary/aromatic N) is 2. The molecule has 0 aliphatic rings. The van der Waals surface area contributed by atoms with E-state index in [0.29, 0.717) is 0 Å². The molecule has 0 amide bonds. The van der Waals surface area contributed by atoms with E-state index in [1.54, 1.807) is 5.82 Å². The Balaban J connectivity index is 1.63. The highest BCUT2D eigenvalue weighted by atomic mass is 15.1. The zero-order valence-corrected chi connectivity index (χ0v) is 25.6. The van der Waals surface area contributed by atoms with Crippen LogP contribution in [0.2, 0.25) is 0 Å². The smallest absolute Gasteiger partial charge is 0.234 e. The molecule has 0 radical (unpaired) electrons. The van der Waals surface area contributed by atoms with Crippen LogP contribution < -0.4 is 4.57 Å². The van der Waals surface area contributed by atoms with Crippen molar-refractivity contribution in [2.24, 2.45) is 0 Å². The molecule has 0 N–H and O–H groups in total. The lowest BCUT2D eigenvalue weighted by molar-refractivity contribution is -0.704. The molecule has 0 spiro atoms. The van der Waals surface area contributed by atoms with E-state index in [1.165, 1.54) is 160 Å². The molecule has 2 nitrogen and oxygen atoms in total. The molecule has 0 fully saturated rings. The Morgan fingerprint density at radius 2 is 1.03 bits per heavy atom. The van der Waals surface area contributed by atoms with Crippen LogP contribution in [0, 0.1) is 0 Å². The van der Waals surface area contributed by atoms with E-state index >= 15 is 0 Å². The first-order chi connectivity index (χ1) is 18.8. The number of aromatic nitrogens is 2. The Labute approximate surface area is 237 Å². The van der Waals surface area contributed by atoms with Crippen molar-refractivity contribution in [2.75, 3.05) is 0 Å². The quantitative estimate of drug-likeness (QED) is 0.0856. The standard InChI is InChI=1S/C36H63N2/c1-3-5-7-9-11-12-13-14-15-16-17-18-20-25-31-37-33-34-38(32-26-29-35-27-22-21-23-28-35)36(37)30-24-19-10-8-6-4-2/h21-23,27-28,33-34H,3-20,24-26,29-32H2,1-2H3/q+1. The van der Waals surface area contributed by atoms with Crippen molar-refractivity contribution in [3.63, 3.8) is 0 Å². The van der Waals surface area contributed by atoms with Crippen LogP contribution >= 0.6 is 0 Å². The van der Waals surface area contributed by atoms with E-state index in [2.05, 4.69) is 65.7 Å². The van der Waals surface area contributed by atoms with E-state index in [9.17, 15) is 0 Å². The fourth-order valence-corrected chi connectivity index (χ4v) is 5.83. The Bertz CT molecular complexity index is 763. The van der Waals surface area contributed by atoms with Crippen molar-refractivity contribution in [3.8, 4) is 0 Å². The number of hydrogen-bond donors (Lipinski definition) is 0. The lowest BCUT2D eigenvalue weighted by Gasteiger charge is -2.07. The van der Waals surface area contributed by atoms with E-state index < -0.39 is 0 Å². The van der Waals surface area contributed by atoms with Gasteiger partial charge in [0.05, 0.1) is 13.1 Å². The first kappa shape index (κ1) is 32.6. The molecule has 0 aliphatic carbocycles. The number of rotatable bonds is 26. The maximum absolute atomic E-state index is 2.59. The minimum Gasteiger partial charge on any atom is -0.234 e. The summed E-state index contributed by atoms with van der Waals surface area (Å²) in [5, 5.41) is 0. The van der Waals surface area contributed by atoms with E-state index in [4.69, 9.17) is 0 Å². The molecular weight excluding hydrogens is 460 g/mol. The fraction of sp³-hybridized carbons (Fsp3) is 0.750. The summed E-state index contributed by atoms with van der Waals surface area (Å²) < 4.78 is 5.16. The molecule has 2 aromatic rings. The largest absolute Gasteiger partial charge is 0.256 e. The monoisotopic (exact) mass is 523 g/mol. The van der Waals surface area contributed by atoms with Crippen molar-refractivity contribution in [1.29, 1.82) is 0 Å². The number of imidazole rings is 1. The summed E-state index contributed by atoms with van der Waals surface area (Å²) in [5.74, 6) is 1.57. The van der Waals surface area contributed by atoms with Gasteiger partial charge in [-0.2, -0.15) is 0 Å². The van der Waals surface area contributed by atoms with Crippen LogP contribution in [-0.4, -0.2) is 4.57 Å². The summed E-state index contributed by atoms with van der Waals surface area (Å²) in [5.41, 5.74) is 1.47. The van der Waals surface area contributed by atoms with Crippen molar-refractivity contribution >= 4 is 0 Å². The maximum atomic E-state index is 2.59. The van der Waals surface area contributed by atoms with Gasteiger partial charge >= 0.3 is 0 Å². The molecule has 0 unspecified atom stereocenters. The highest BCUT2D eigenvalue weighted by molar-refractivity contribution is 5.14. The molecule has 1 aromatic carbocycles. The number of hydrogen-bond acceptors (Lipinski definition) is 0. The molecule has 0 aliphatic heterocycles. The van der Waals surface area contributed by atoms with Crippen LogP contribution in [0.1, 0.15) is 160 Å². The summed E-state index contributed by atoms with van der Waals surface area (Å²) in [6.07, 6.45) is 36.7. The van der Waals surface area contributed by atoms with Gasteiger partial charge in [0.25, 0.3) is 5.82 Å². The van der Waals surface area contributed by atoms with Crippen LogP contribution in [-0.2, 0) is 25.9 Å². The minimum absolute atomic E-state index is 1.14. The molecule has 1 heterocycles. The molecule has 0 atom stereocenters. The average Bonchev–Trinajstić information content (AvgIpc) is 3.32. The normalized spacial score (nSPS) is 11.4. The second kappa shape index (κ2) is 23.3. The summed E-state index contributed by atoms with van der Waals surface area (Å²) in [6.45, 7) is 6.96. The van der Waals surface area contributed by atoms with Crippen molar-refractivity contribution < 1.29 is 4.57 Å². The topological polar surface area (TPSA) is 8.81 Å². The number of unbranched alkanes of at least 4 members (excludes halogenated alkanes) is 18. The minimum atomic E-state index is 1.14. The van der Waals surface area contributed by atoms with Crippen LogP contribution in [0.4, 0.5) is 0 Å². The summed E-state index contributed by atoms with van der Waals surface area (Å²) in [6, 6.07) is 11.0. The summed E-state index contributed by atoms with van der Waals surface area (Å²) >= 11 is 0.